The van der Waals surface area contributed by atoms with Crippen LogP contribution in [0.15, 0.2) is 24.3 Å². The summed E-state index contributed by atoms with van der Waals surface area (Å²) in [7, 11) is 0. The summed E-state index contributed by atoms with van der Waals surface area (Å²) in [4.78, 5) is 0. The maximum absolute atomic E-state index is 9.80. The Labute approximate surface area is 108 Å². The smallest absolute Gasteiger partial charge is 0.106 e. The molecule has 104 valence electrons. The first-order chi connectivity index (χ1) is 8.61. The molecule has 0 aromatic carbocycles. The Bertz CT molecular complexity index is 288. The van der Waals surface area contributed by atoms with Crippen LogP contribution in [0.1, 0.15) is 26.2 Å². The average molecular weight is 256 g/mol. The SMILES string of the molecule is CCC/C=C/C=C/[C@H]1C[C@@H](O)[C@H](O)[C@H](O)[C@@H]1CO. The van der Waals surface area contributed by atoms with Crippen molar-refractivity contribution in [2.24, 2.45) is 11.8 Å². The minimum Gasteiger partial charge on any atom is -0.396 e. The van der Waals surface area contributed by atoms with E-state index in [2.05, 4.69) is 13.0 Å². The van der Waals surface area contributed by atoms with E-state index in [1.165, 1.54) is 0 Å². The molecule has 0 amide bonds. The highest BCUT2D eigenvalue weighted by atomic mass is 16.4. The lowest BCUT2D eigenvalue weighted by atomic mass is 9.74. The molecular formula is C14H24O4. The van der Waals surface area contributed by atoms with Crippen molar-refractivity contribution in [3.63, 3.8) is 0 Å². The van der Waals surface area contributed by atoms with E-state index in [4.69, 9.17) is 0 Å². The second-order valence-electron chi connectivity index (χ2n) is 4.90. The van der Waals surface area contributed by atoms with Crippen LogP contribution in [-0.4, -0.2) is 45.3 Å². The van der Waals surface area contributed by atoms with Crippen LogP contribution in [0, 0.1) is 11.8 Å². The molecule has 4 N–H and O–H groups in total. The lowest BCUT2D eigenvalue weighted by molar-refractivity contribution is -0.131. The van der Waals surface area contributed by atoms with E-state index < -0.39 is 24.2 Å². The number of unbranched alkanes of at least 4 members (excludes halogenated alkanes) is 1. The van der Waals surface area contributed by atoms with Crippen molar-refractivity contribution in [2.75, 3.05) is 6.61 Å². The molecule has 4 heteroatoms. The largest absolute Gasteiger partial charge is 0.396 e. The molecule has 0 heterocycles. The molecule has 0 spiro atoms. The predicted octanol–water partition coefficient (Wildman–Crippen LogP) is 0.610. The average Bonchev–Trinajstić information content (AvgIpc) is 2.36. The van der Waals surface area contributed by atoms with Gasteiger partial charge in [-0.3, -0.25) is 0 Å². The molecule has 0 saturated heterocycles. The highest BCUT2D eigenvalue weighted by Crippen LogP contribution is 2.31. The fraction of sp³-hybridized carbons (Fsp3) is 0.714. The summed E-state index contributed by atoms with van der Waals surface area (Å²) in [5.74, 6) is -0.533. The van der Waals surface area contributed by atoms with Gasteiger partial charge in [-0.15, -0.1) is 0 Å². The first-order valence-electron chi connectivity index (χ1n) is 6.60. The minimum absolute atomic E-state index is 0.116. The Kier molecular flexibility index (Phi) is 6.57. The summed E-state index contributed by atoms with van der Waals surface area (Å²) in [6.45, 7) is 1.91. The van der Waals surface area contributed by atoms with Crippen LogP contribution >= 0.6 is 0 Å². The number of allylic oxidation sites excluding steroid dienone is 4. The first kappa shape index (κ1) is 15.4. The van der Waals surface area contributed by atoms with Gasteiger partial charge in [-0.2, -0.15) is 0 Å². The molecular weight excluding hydrogens is 232 g/mol. The Balaban J connectivity index is 2.62. The molecule has 0 radical (unpaired) electrons. The van der Waals surface area contributed by atoms with E-state index in [0.717, 1.165) is 12.8 Å². The number of hydrogen-bond donors (Lipinski definition) is 4. The third kappa shape index (κ3) is 3.92. The van der Waals surface area contributed by atoms with Crippen LogP contribution in [0.2, 0.25) is 0 Å². The Hall–Kier alpha value is -0.680. The number of aliphatic hydroxyl groups excluding tert-OH is 4. The summed E-state index contributed by atoms with van der Waals surface area (Å²) in [6.07, 6.45) is 7.04. The maximum Gasteiger partial charge on any atom is 0.106 e. The molecule has 0 aromatic heterocycles. The monoisotopic (exact) mass is 256 g/mol. The molecule has 0 aliphatic heterocycles. The van der Waals surface area contributed by atoms with Gasteiger partial charge in [0.15, 0.2) is 0 Å². The van der Waals surface area contributed by atoms with Crippen molar-refractivity contribution in [1.29, 1.82) is 0 Å². The first-order valence-corrected chi connectivity index (χ1v) is 6.60. The van der Waals surface area contributed by atoms with Gasteiger partial charge in [0.2, 0.25) is 0 Å². The predicted molar refractivity (Wildman–Crippen MR) is 69.9 cm³/mol. The molecule has 1 aliphatic carbocycles. The van der Waals surface area contributed by atoms with Crippen molar-refractivity contribution in [3.05, 3.63) is 24.3 Å². The molecule has 0 bridgehead atoms. The summed E-state index contributed by atoms with van der Waals surface area (Å²) in [5, 5.41) is 38.3. The summed E-state index contributed by atoms with van der Waals surface area (Å²) in [6, 6.07) is 0. The van der Waals surface area contributed by atoms with E-state index in [0.29, 0.717) is 6.42 Å². The Morgan fingerprint density at radius 2 is 1.83 bits per heavy atom. The van der Waals surface area contributed by atoms with E-state index >= 15 is 0 Å². The van der Waals surface area contributed by atoms with Crippen LogP contribution in [0.3, 0.4) is 0 Å². The molecule has 1 saturated carbocycles. The maximum atomic E-state index is 9.80. The Morgan fingerprint density at radius 1 is 1.11 bits per heavy atom. The molecule has 0 unspecified atom stereocenters. The van der Waals surface area contributed by atoms with Crippen LogP contribution in [-0.2, 0) is 0 Å². The standard InChI is InChI=1S/C14H24O4/c1-2-3-4-5-6-7-10-8-12(16)14(18)13(17)11(10)9-15/h4-7,10-18H,2-3,8-9H2,1H3/b5-4+,7-6+/t10-,11+,12+,13+,14-/m0/s1. The van der Waals surface area contributed by atoms with Crippen LogP contribution in [0.25, 0.3) is 0 Å². The van der Waals surface area contributed by atoms with Gasteiger partial charge in [-0.1, -0.05) is 37.6 Å². The number of hydrogen-bond acceptors (Lipinski definition) is 4. The van der Waals surface area contributed by atoms with Crippen LogP contribution < -0.4 is 0 Å². The quantitative estimate of drug-likeness (QED) is 0.543. The van der Waals surface area contributed by atoms with Gasteiger partial charge in [-0.25, -0.2) is 0 Å². The van der Waals surface area contributed by atoms with Gasteiger partial charge in [0, 0.05) is 12.5 Å². The van der Waals surface area contributed by atoms with E-state index in [-0.39, 0.29) is 12.5 Å². The number of aliphatic hydroxyl groups is 4. The molecule has 1 aliphatic rings. The normalized spacial score (nSPS) is 37.7. The van der Waals surface area contributed by atoms with Gasteiger partial charge in [0.25, 0.3) is 0 Å². The van der Waals surface area contributed by atoms with Crippen molar-refractivity contribution >= 4 is 0 Å². The molecule has 18 heavy (non-hydrogen) atoms. The molecule has 0 aromatic rings. The molecule has 1 fully saturated rings. The van der Waals surface area contributed by atoms with Crippen LogP contribution in [0.4, 0.5) is 0 Å². The highest BCUT2D eigenvalue weighted by Gasteiger charge is 2.41. The fourth-order valence-corrected chi connectivity index (χ4v) is 2.34. The van der Waals surface area contributed by atoms with E-state index in [1.807, 2.05) is 18.2 Å². The lowest BCUT2D eigenvalue weighted by Crippen LogP contribution is -2.51. The van der Waals surface area contributed by atoms with Crippen molar-refractivity contribution in [3.8, 4) is 0 Å². The van der Waals surface area contributed by atoms with Crippen molar-refractivity contribution < 1.29 is 20.4 Å². The van der Waals surface area contributed by atoms with Gasteiger partial charge in [-0.05, 0) is 18.8 Å². The molecule has 4 nitrogen and oxygen atoms in total. The van der Waals surface area contributed by atoms with E-state index in [1.54, 1.807) is 0 Å². The third-order valence-electron chi connectivity index (χ3n) is 3.52. The second kappa shape index (κ2) is 7.69. The zero-order valence-corrected chi connectivity index (χ0v) is 10.8. The number of rotatable bonds is 5. The van der Waals surface area contributed by atoms with Gasteiger partial charge < -0.3 is 20.4 Å². The van der Waals surface area contributed by atoms with Gasteiger partial charge in [0.1, 0.15) is 6.10 Å². The Morgan fingerprint density at radius 3 is 2.44 bits per heavy atom. The van der Waals surface area contributed by atoms with Crippen LogP contribution in [0.5, 0.6) is 0 Å². The zero-order valence-electron chi connectivity index (χ0n) is 10.8. The minimum atomic E-state index is -1.16. The topological polar surface area (TPSA) is 80.9 Å². The zero-order chi connectivity index (χ0) is 13.5. The second-order valence-corrected chi connectivity index (χ2v) is 4.90. The lowest BCUT2D eigenvalue weighted by Gasteiger charge is -2.39. The highest BCUT2D eigenvalue weighted by molar-refractivity contribution is 5.08. The van der Waals surface area contributed by atoms with Crippen molar-refractivity contribution in [1.82, 2.24) is 0 Å². The van der Waals surface area contributed by atoms with Gasteiger partial charge in [0.05, 0.1) is 12.2 Å². The molecule has 5 atom stereocenters. The van der Waals surface area contributed by atoms with E-state index in [9.17, 15) is 20.4 Å². The van der Waals surface area contributed by atoms with Crippen molar-refractivity contribution in [2.45, 2.75) is 44.5 Å². The fourth-order valence-electron chi connectivity index (χ4n) is 2.34. The van der Waals surface area contributed by atoms with Gasteiger partial charge >= 0.3 is 0 Å². The summed E-state index contributed by atoms with van der Waals surface area (Å²) >= 11 is 0. The molecule has 1 rings (SSSR count). The third-order valence-corrected chi connectivity index (χ3v) is 3.52. The summed E-state index contributed by atoms with van der Waals surface area (Å²) in [5.41, 5.74) is 0. The summed E-state index contributed by atoms with van der Waals surface area (Å²) < 4.78 is 0.